The summed E-state index contributed by atoms with van der Waals surface area (Å²) in [6.07, 6.45) is 1.29. The van der Waals surface area contributed by atoms with Gasteiger partial charge in [-0.25, -0.2) is 9.37 Å². The van der Waals surface area contributed by atoms with Gasteiger partial charge in [0.25, 0.3) is 0 Å². The predicted octanol–water partition coefficient (Wildman–Crippen LogP) is 4.97. The highest BCUT2D eigenvalue weighted by Gasteiger charge is 2.21. The number of carbonyl (C=O) groups is 1. The van der Waals surface area contributed by atoms with Gasteiger partial charge < -0.3 is 10.6 Å². The molecule has 0 saturated carbocycles. The summed E-state index contributed by atoms with van der Waals surface area (Å²) >= 11 is 12.0. The Balaban J connectivity index is 2.39. The van der Waals surface area contributed by atoms with Crippen molar-refractivity contribution >= 4 is 34.7 Å². The Morgan fingerprint density at radius 2 is 1.88 bits per heavy atom. The van der Waals surface area contributed by atoms with Crippen molar-refractivity contribution in [1.82, 2.24) is 10.3 Å². The SMILES string of the molecule is Cc1nc(Cl)c(C(=O)/C=C(\Nc2ccccc2)NC(C)C)c(Cl)c1F. The molecule has 4 nitrogen and oxygen atoms in total. The summed E-state index contributed by atoms with van der Waals surface area (Å²) < 4.78 is 14.0. The van der Waals surface area contributed by atoms with E-state index >= 15 is 0 Å². The lowest BCUT2D eigenvalue weighted by Gasteiger charge is -2.16. The molecule has 25 heavy (non-hydrogen) atoms. The number of halogens is 3. The van der Waals surface area contributed by atoms with Crippen molar-refractivity contribution in [2.45, 2.75) is 26.8 Å². The molecule has 0 radical (unpaired) electrons. The molecule has 2 aromatic rings. The van der Waals surface area contributed by atoms with Crippen molar-refractivity contribution in [1.29, 1.82) is 0 Å². The number of para-hydroxylation sites is 1. The highest BCUT2D eigenvalue weighted by Crippen LogP contribution is 2.28. The van der Waals surface area contributed by atoms with Crippen LogP contribution < -0.4 is 10.6 Å². The van der Waals surface area contributed by atoms with E-state index in [0.717, 1.165) is 5.69 Å². The summed E-state index contributed by atoms with van der Waals surface area (Å²) in [6, 6.07) is 9.39. The molecule has 1 aromatic carbocycles. The maximum Gasteiger partial charge on any atom is 0.194 e. The molecular formula is C18H18Cl2FN3O. The zero-order valence-corrected chi connectivity index (χ0v) is 15.5. The Bertz CT molecular complexity index is 808. The normalized spacial score (nSPS) is 11.6. The Labute approximate surface area is 156 Å². The summed E-state index contributed by atoms with van der Waals surface area (Å²) in [5.41, 5.74) is 0.669. The number of rotatable bonds is 6. The minimum atomic E-state index is -0.753. The van der Waals surface area contributed by atoms with Crippen LogP contribution in [0.15, 0.2) is 42.2 Å². The number of aromatic nitrogens is 1. The van der Waals surface area contributed by atoms with Gasteiger partial charge in [-0.05, 0) is 32.9 Å². The van der Waals surface area contributed by atoms with Crippen LogP contribution in [0.4, 0.5) is 10.1 Å². The quantitative estimate of drug-likeness (QED) is 0.421. The number of anilines is 1. The van der Waals surface area contributed by atoms with Crippen LogP contribution in [-0.4, -0.2) is 16.8 Å². The first kappa shape index (κ1) is 19.2. The summed E-state index contributed by atoms with van der Waals surface area (Å²) in [5, 5.41) is 5.77. The fourth-order valence-corrected chi connectivity index (χ4v) is 2.81. The number of benzene rings is 1. The van der Waals surface area contributed by atoms with E-state index in [1.807, 2.05) is 44.2 Å². The first-order chi connectivity index (χ1) is 11.8. The lowest BCUT2D eigenvalue weighted by molar-refractivity contribution is 0.104. The second-order valence-corrected chi connectivity index (χ2v) is 6.44. The van der Waals surface area contributed by atoms with Crippen LogP contribution in [0.5, 0.6) is 0 Å². The highest BCUT2D eigenvalue weighted by atomic mass is 35.5. The van der Waals surface area contributed by atoms with E-state index in [1.165, 1.54) is 13.0 Å². The van der Waals surface area contributed by atoms with Crippen molar-refractivity contribution in [3.05, 3.63) is 69.5 Å². The van der Waals surface area contributed by atoms with Crippen LogP contribution in [0.2, 0.25) is 10.2 Å². The molecule has 7 heteroatoms. The molecule has 0 aliphatic carbocycles. The molecule has 1 aromatic heterocycles. The van der Waals surface area contributed by atoms with Crippen molar-refractivity contribution in [2.24, 2.45) is 0 Å². The minimum Gasteiger partial charge on any atom is -0.369 e. The minimum absolute atomic E-state index is 0.0402. The maximum atomic E-state index is 14.0. The topological polar surface area (TPSA) is 54.0 Å². The molecule has 0 spiro atoms. The van der Waals surface area contributed by atoms with Gasteiger partial charge in [-0.15, -0.1) is 0 Å². The summed E-state index contributed by atoms with van der Waals surface area (Å²) in [6.45, 7) is 5.29. The maximum absolute atomic E-state index is 14.0. The number of hydrogen-bond donors (Lipinski definition) is 2. The van der Waals surface area contributed by atoms with Crippen LogP contribution in [0, 0.1) is 12.7 Å². The number of carbonyl (C=O) groups excluding carboxylic acids is 1. The van der Waals surface area contributed by atoms with Crippen LogP contribution in [-0.2, 0) is 0 Å². The molecule has 0 saturated heterocycles. The lowest BCUT2D eigenvalue weighted by Crippen LogP contribution is -2.27. The summed E-state index contributed by atoms with van der Waals surface area (Å²) in [7, 11) is 0. The zero-order valence-electron chi connectivity index (χ0n) is 14.0. The molecule has 0 bridgehead atoms. The Morgan fingerprint density at radius 1 is 1.24 bits per heavy atom. The van der Waals surface area contributed by atoms with Gasteiger partial charge >= 0.3 is 0 Å². The second kappa shape index (κ2) is 8.32. The molecule has 2 rings (SSSR count). The summed E-state index contributed by atoms with van der Waals surface area (Å²) in [4.78, 5) is 16.4. The van der Waals surface area contributed by atoms with Gasteiger partial charge in [-0.2, -0.15) is 0 Å². The molecule has 0 fully saturated rings. The van der Waals surface area contributed by atoms with Gasteiger partial charge in [0, 0.05) is 17.8 Å². The molecule has 2 N–H and O–H groups in total. The van der Waals surface area contributed by atoms with Crippen molar-refractivity contribution in [3.8, 4) is 0 Å². The molecule has 0 amide bonds. The average Bonchev–Trinajstić information content (AvgIpc) is 2.53. The van der Waals surface area contributed by atoms with Gasteiger partial charge in [0.1, 0.15) is 11.0 Å². The smallest absolute Gasteiger partial charge is 0.194 e. The largest absolute Gasteiger partial charge is 0.369 e. The molecule has 1 heterocycles. The third-order valence-corrected chi connectivity index (χ3v) is 3.85. The van der Waals surface area contributed by atoms with Gasteiger partial charge in [0.2, 0.25) is 0 Å². The monoisotopic (exact) mass is 381 g/mol. The molecular weight excluding hydrogens is 364 g/mol. The van der Waals surface area contributed by atoms with E-state index in [9.17, 15) is 9.18 Å². The molecule has 0 aliphatic heterocycles. The standard InChI is InChI=1S/C18H18Cl2FN3O/c1-10(2)22-14(24-12-7-5-4-6-8-12)9-13(25)15-16(19)17(21)11(3)23-18(15)20/h4-10,22,24H,1-3H3/b14-9-. The van der Waals surface area contributed by atoms with Crippen LogP contribution in [0.25, 0.3) is 0 Å². The fourth-order valence-electron chi connectivity index (χ4n) is 2.13. The predicted molar refractivity (Wildman–Crippen MR) is 99.7 cm³/mol. The Hall–Kier alpha value is -2.11. The third-order valence-electron chi connectivity index (χ3n) is 3.22. The molecule has 0 unspecified atom stereocenters. The van der Waals surface area contributed by atoms with Gasteiger partial charge in [-0.3, -0.25) is 4.79 Å². The number of ketones is 1. The molecule has 132 valence electrons. The lowest BCUT2D eigenvalue weighted by atomic mass is 10.1. The molecule has 0 aliphatic rings. The second-order valence-electron chi connectivity index (χ2n) is 5.70. The number of allylic oxidation sites excluding steroid dienone is 1. The fraction of sp³-hybridized carbons (Fsp3) is 0.222. The van der Waals surface area contributed by atoms with Gasteiger partial charge in [0.05, 0.1) is 16.3 Å². The zero-order chi connectivity index (χ0) is 18.6. The van der Waals surface area contributed by atoms with E-state index in [-0.39, 0.29) is 27.5 Å². The van der Waals surface area contributed by atoms with Crippen LogP contribution in [0.1, 0.15) is 29.9 Å². The molecule has 0 atom stereocenters. The highest BCUT2D eigenvalue weighted by molar-refractivity contribution is 6.40. The van der Waals surface area contributed by atoms with E-state index in [0.29, 0.717) is 5.82 Å². The van der Waals surface area contributed by atoms with E-state index < -0.39 is 11.6 Å². The Kier molecular flexibility index (Phi) is 6.39. The third kappa shape index (κ3) is 4.94. The van der Waals surface area contributed by atoms with E-state index in [2.05, 4.69) is 15.6 Å². The first-order valence-corrected chi connectivity index (χ1v) is 8.41. The van der Waals surface area contributed by atoms with Crippen molar-refractivity contribution in [3.63, 3.8) is 0 Å². The van der Waals surface area contributed by atoms with Crippen molar-refractivity contribution in [2.75, 3.05) is 5.32 Å². The number of hydrogen-bond acceptors (Lipinski definition) is 4. The van der Waals surface area contributed by atoms with Crippen LogP contribution >= 0.6 is 23.2 Å². The first-order valence-electron chi connectivity index (χ1n) is 7.65. The number of aryl methyl sites for hydroxylation is 1. The van der Waals surface area contributed by atoms with Crippen LogP contribution in [0.3, 0.4) is 0 Å². The van der Waals surface area contributed by atoms with Gasteiger partial charge in [-0.1, -0.05) is 41.4 Å². The Morgan fingerprint density at radius 3 is 2.48 bits per heavy atom. The average molecular weight is 382 g/mol. The number of pyridine rings is 1. The van der Waals surface area contributed by atoms with Crippen molar-refractivity contribution < 1.29 is 9.18 Å². The van der Waals surface area contributed by atoms with E-state index in [1.54, 1.807) is 0 Å². The van der Waals surface area contributed by atoms with E-state index in [4.69, 9.17) is 23.2 Å². The summed E-state index contributed by atoms with van der Waals surface area (Å²) in [5.74, 6) is -0.857. The van der Waals surface area contributed by atoms with Gasteiger partial charge in [0.15, 0.2) is 11.6 Å². The number of nitrogens with zero attached hydrogens (tertiary/aromatic N) is 1. The number of nitrogens with one attached hydrogen (secondary N) is 2.